The van der Waals surface area contributed by atoms with E-state index in [2.05, 4.69) is 75.2 Å². The van der Waals surface area contributed by atoms with Crippen molar-refractivity contribution in [1.82, 2.24) is 59.3 Å². The van der Waals surface area contributed by atoms with Gasteiger partial charge < -0.3 is 16.0 Å². The molecular formula is C35H31N15S3. The highest BCUT2D eigenvalue weighted by Gasteiger charge is 2.11. The van der Waals surface area contributed by atoms with E-state index in [1.54, 1.807) is 42.3 Å². The van der Waals surface area contributed by atoms with Crippen LogP contribution in [0.15, 0.2) is 115 Å². The molecule has 6 N–H and O–H groups in total. The highest BCUT2D eigenvalue weighted by atomic mass is 32.1. The molecular weight excluding hydrogens is 727 g/mol. The maximum atomic E-state index is 4.56. The second-order valence-corrected chi connectivity index (χ2v) is 13.4. The standard InChI is InChI=1S/C13H12N4S.C11H10N6S.C11H9N5S/c1-9-11(7-14-17-9)12-8-18-13(16-12)15-10-5-3-2-4-6-10;1-7-8(6-13-16-7)10-15-11(18-17-10)14-9-4-2-3-5-12-9;1-2-4-9(5-3-1)14-11-15-10(16-17-11)8-6-12-13-7-8/h2-8H,1H3,(H,14,17)(H,15,16);2-6H,1H3,(H,13,16)(H,12,14,15,17);1-7H,(H,12,13)(H,14,15,16). The van der Waals surface area contributed by atoms with Gasteiger partial charge in [0, 0.05) is 69.2 Å². The van der Waals surface area contributed by atoms with Gasteiger partial charge in [-0.05, 0) is 50.2 Å². The lowest BCUT2D eigenvalue weighted by Crippen LogP contribution is -1.91. The summed E-state index contributed by atoms with van der Waals surface area (Å²) in [5.41, 5.74) is 7.84. The van der Waals surface area contributed by atoms with E-state index in [-0.39, 0.29) is 0 Å². The molecule has 0 bridgehead atoms. The number of rotatable bonds is 9. The molecule has 7 heterocycles. The quantitative estimate of drug-likeness (QED) is 0.0820. The zero-order valence-corrected chi connectivity index (χ0v) is 30.7. The number of benzene rings is 2. The molecule has 0 fully saturated rings. The minimum absolute atomic E-state index is 0.671. The Labute approximate surface area is 315 Å². The van der Waals surface area contributed by atoms with Gasteiger partial charge in [0.05, 0.1) is 35.4 Å². The molecule has 0 atom stereocenters. The summed E-state index contributed by atoms with van der Waals surface area (Å²) in [7, 11) is 0. The van der Waals surface area contributed by atoms with Gasteiger partial charge in [-0.2, -0.15) is 34.0 Å². The second kappa shape index (κ2) is 17.1. The summed E-state index contributed by atoms with van der Waals surface area (Å²) in [5, 5.41) is 34.4. The second-order valence-electron chi connectivity index (χ2n) is 11.0. The van der Waals surface area contributed by atoms with Gasteiger partial charge in [0.25, 0.3) is 0 Å². The third kappa shape index (κ3) is 9.38. The van der Waals surface area contributed by atoms with Crippen LogP contribution in [0.3, 0.4) is 0 Å². The van der Waals surface area contributed by atoms with Crippen molar-refractivity contribution in [3.8, 4) is 34.0 Å². The number of nitrogens with zero attached hydrogens (tertiary/aromatic N) is 9. The smallest absolute Gasteiger partial charge is 0.208 e. The summed E-state index contributed by atoms with van der Waals surface area (Å²) in [5.74, 6) is 2.11. The van der Waals surface area contributed by atoms with Crippen molar-refractivity contribution in [3.63, 3.8) is 0 Å². The van der Waals surface area contributed by atoms with Gasteiger partial charge in [-0.1, -0.05) is 42.5 Å². The Morgan fingerprint density at radius 2 is 1.21 bits per heavy atom. The number of anilines is 6. The van der Waals surface area contributed by atoms with Crippen LogP contribution in [0, 0.1) is 13.8 Å². The Morgan fingerprint density at radius 1 is 0.585 bits per heavy atom. The molecule has 0 radical (unpaired) electrons. The Hall–Kier alpha value is -6.63. The molecule has 0 aliphatic carbocycles. The van der Waals surface area contributed by atoms with E-state index in [9.17, 15) is 0 Å². The molecule has 0 amide bonds. The maximum Gasteiger partial charge on any atom is 0.208 e. The summed E-state index contributed by atoms with van der Waals surface area (Å²) < 4.78 is 8.56. The maximum absolute atomic E-state index is 4.56. The van der Waals surface area contributed by atoms with Gasteiger partial charge in [0.2, 0.25) is 10.3 Å². The minimum atomic E-state index is 0.671. The average molecular weight is 758 g/mol. The monoisotopic (exact) mass is 757 g/mol. The van der Waals surface area contributed by atoms with Gasteiger partial charge in [-0.25, -0.2) is 9.97 Å². The van der Waals surface area contributed by atoms with E-state index in [1.807, 2.05) is 98.1 Å². The molecule has 9 rings (SSSR count). The highest BCUT2D eigenvalue weighted by molar-refractivity contribution is 7.14. The van der Waals surface area contributed by atoms with Crippen molar-refractivity contribution in [3.05, 3.63) is 127 Å². The lowest BCUT2D eigenvalue weighted by molar-refractivity contribution is 1.05. The van der Waals surface area contributed by atoms with Gasteiger partial charge in [0.15, 0.2) is 16.8 Å². The molecule has 18 heteroatoms. The molecule has 7 aromatic heterocycles. The lowest BCUT2D eigenvalue weighted by Gasteiger charge is -2.00. The molecule has 264 valence electrons. The normalized spacial score (nSPS) is 10.5. The zero-order valence-electron chi connectivity index (χ0n) is 28.2. The first-order valence-corrected chi connectivity index (χ1v) is 18.4. The van der Waals surface area contributed by atoms with E-state index in [4.69, 9.17) is 0 Å². The van der Waals surface area contributed by atoms with Crippen LogP contribution < -0.4 is 16.0 Å². The summed E-state index contributed by atoms with van der Waals surface area (Å²) >= 11 is 4.21. The van der Waals surface area contributed by atoms with Crippen molar-refractivity contribution >= 4 is 67.0 Å². The van der Waals surface area contributed by atoms with Gasteiger partial charge in [-0.15, -0.1) is 11.3 Å². The first-order valence-electron chi connectivity index (χ1n) is 16.0. The Bertz CT molecular complexity index is 2300. The molecule has 15 nitrogen and oxygen atoms in total. The van der Waals surface area contributed by atoms with Crippen LogP contribution in [0.1, 0.15) is 11.4 Å². The number of hydrogen-bond donors (Lipinski definition) is 6. The van der Waals surface area contributed by atoms with E-state index >= 15 is 0 Å². The van der Waals surface area contributed by atoms with E-state index in [0.29, 0.717) is 16.8 Å². The van der Waals surface area contributed by atoms with Crippen LogP contribution in [-0.4, -0.2) is 59.3 Å². The fourth-order valence-corrected chi connectivity index (χ4v) is 6.55. The number of hydrogen-bond acceptors (Lipinski definition) is 15. The van der Waals surface area contributed by atoms with Crippen molar-refractivity contribution in [2.24, 2.45) is 0 Å². The summed E-state index contributed by atoms with van der Waals surface area (Å²) in [6.07, 6.45) is 8.73. The predicted octanol–water partition coefficient (Wildman–Crippen LogP) is 8.63. The van der Waals surface area contributed by atoms with Crippen LogP contribution in [0.2, 0.25) is 0 Å². The number of para-hydroxylation sites is 2. The van der Waals surface area contributed by atoms with Crippen molar-refractivity contribution in [2.75, 3.05) is 16.0 Å². The van der Waals surface area contributed by atoms with E-state index < -0.39 is 0 Å². The Kier molecular flexibility index (Phi) is 11.2. The number of aromatic nitrogens is 12. The first-order chi connectivity index (χ1) is 26.1. The van der Waals surface area contributed by atoms with Crippen molar-refractivity contribution < 1.29 is 0 Å². The van der Waals surface area contributed by atoms with Crippen LogP contribution in [-0.2, 0) is 0 Å². The number of H-pyrrole nitrogens is 3. The average Bonchev–Trinajstić information content (AvgIpc) is 4.04. The number of nitrogens with one attached hydrogen (secondary N) is 6. The third-order valence-corrected chi connectivity index (χ3v) is 9.26. The number of aromatic amines is 3. The molecule has 0 aliphatic heterocycles. The van der Waals surface area contributed by atoms with Crippen molar-refractivity contribution in [1.29, 1.82) is 0 Å². The van der Waals surface area contributed by atoms with E-state index in [1.165, 1.54) is 23.1 Å². The molecule has 0 aliphatic rings. The molecule has 2 aromatic carbocycles. The molecule has 0 saturated carbocycles. The van der Waals surface area contributed by atoms with Crippen LogP contribution in [0.4, 0.5) is 32.6 Å². The number of pyridine rings is 1. The van der Waals surface area contributed by atoms with Gasteiger partial charge in [-0.3, -0.25) is 15.3 Å². The predicted molar refractivity (Wildman–Crippen MR) is 211 cm³/mol. The SMILES string of the molecule is Cc1[nH]ncc1-c1csc(Nc2ccccc2)n1.Cc1[nH]ncc1-c1nsc(Nc2ccccn2)n1.c1ccc(Nc2nc(-c3cn[nH]c3)ns2)cc1. The molecule has 53 heavy (non-hydrogen) atoms. The fraction of sp³-hybridized carbons (Fsp3) is 0.0571. The Balaban J connectivity index is 0.000000123. The molecule has 0 unspecified atom stereocenters. The highest BCUT2D eigenvalue weighted by Crippen LogP contribution is 2.28. The summed E-state index contributed by atoms with van der Waals surface area (Å²) in [6.45, 7) is 3.93. The first kappa shape index (κ1) is 34.8. The van der Waals surface area contributed by atoms with Crippen LogP contribution >= 0.6 is 34.4 Å². The third-order valence-electron chi connectivity index (χ3n) is 7.24. The minimum Gasteiger partial charge on any atom is -0.332 e. The topological polar surface area (TPSA) is 199 Å². The van der Waals surface area contributed by atoms with E-state index in [0.717, 1.165) is 61.2 Å². The van der Waals surface area contributed by atoms with Crippen molar-refractivity contribution in [2.45, 2.75) is 13.8 Å². The van der Waals surface area contributed by atoms with Crippen LogP contribution in [0.25, 0.3) is 34.0 Å². The lowest BCUT2D eigenvalue weighted by atomic mass is 10.2. The number of thiazole rings is 1. The fourth-order valence-electron chi connectivity index (χ4n) is 4.62. The zero-order chi connectivity index (χ0) is 36.2. The molecule has 0 spiro atoms. The Morgan fingerprint density at radius 3 is 1.83 bits per heavy atom. The van der Waals surface area contributed by atoms with Gasteiger partial charge >= 0.3 is 0 Å². The largest absolute Gasteiger partial charge is 0.332 e. The number of aryl methyl sites for hydroxylation is 2. The van der Waals surface area contributed by atoms with Crippen LogP contribution in [0.5, 0.6) is 0 Å². The van der Waals surface area contributed by atoms with Gasteiger partial charge in [0.1, 0.15) is 5.82 Å². The molecule has 9 aromatic rings. The molecule has 0 saturated heterocycles. The summed E-state index contributed by atoms with van der Waals surface area (Å²) in [4.78, 5) is 17.5. The summed E-state index contributed by atoms with van der Waals surface area (Å²) in [6, 6.07) is 25.6.